The van der Waals surface area contributed by atoms with E-state index < -0.39 is 0 Å². The minimum Gasteiger partial charge on any atom is -0.353 e. The van der Waals surface area contributed by atoms with E-state index >= 15 is 0 Å². The zero-order valence-electron chi connectivity index (χ0n) is 10.0. The van der Waals surface area contributed by atoms with Crippen LogP contribution in [0.3, 0.4) is 0 Å². The van der Waals surface area contributed by atoms with Crippen molar-refractivity contribution in [3.05, 3.63) is 0 Å². The van der Waals surface area contributed by atoms with Crippen molar-refractivity contribution in [3.63, 3.8) is 0 Å². The molecular weight excluding hydrogens is 274 g/mol. The van der Waals surface area contributed by atoms with E-state index in [9.17, 15) is 4.79 Å². The molecular formula is C11H22BrNOS. The fourth-order valence-electron chi connectivity index (χ4n) is 1.10. The summed E-state index contributed by atoms with van der Waals surface area (Å²) in [5.41, 5.74) is 0. The average Bonchev–Trinajstić information content (AvgIpc) is 2.16. The van der Waals surface area contributed by atoms with Gasteiger partial charge < -0.3 is 5.32 Å². The lowest BCUT2D eigenvalue weighted by Gasteiger charge is -2.18. The van der Waals surface area contributed by atoms with Crippen LogP contribution in [0.1, 0.15) is 34.1 Å². The van der Waals surface area contributed by atoms with E-state index in [1.165, 1.54) is 0 Å². The van der Waals surface area contributed by atoms with Crippen molar-refractivity contribution in [1.82, 2.24) is 5.32 Å². The minimum atomic E-state index is -0.0706. The van der Waals surface area contributed by atoms with Crippen LogP contribution in [0.25, 0.3) is 0 Å². The van der Waals surface area contributed by atoms with Gasteiger partial charge in [-0.15, -0.1) is 0 Å². The zero-order chi connectivity index (χ0) is 11.8. The molecule has 0 aromatic rings. The third kappa shape index (κ3) is 7.23. The Morgan fingerprint density at radius 3 is 2.47 bits per heavy atom. The molecule has 0 saturated heterocycles. The molecule has 0 radical (unpaired) electrons. The Balaban J connectivity index is 3.75. The fourth-order valence-corrected chi connectivity index (χ4v) is 2.04. The van der Waals surface area contributed by atoms with E-state index in [-0.39, 0.29) is 16.8 Å². The molecule has 1 amide bonds. The van der Waals surface area contributed by atoms with E-state index in [4.69, 9.17) is 0 Å². The lowest BCUT2D eigenvalue weighted by molar-refractivity contribution is -0.121. The van der Waals surface area contributed by atoms with Gasteiger partial charge in [-0.2, -0.15) is 11.8 Å². The van der Waals surface area contributed by atoms with Crippen LogP contribution in [0.4, 0.5) is 0 Å². The second kappa shape index (κ2) is 8.45. The summed E-state index contributed by atoms with van der Waals surface area (Å²) in [4.78, 5) is 11.6. The zero-order valence-corrected chi connectivity index (χ0v) is 12.5. The number of amides is 1. The molecule has 0 fully saturated rings. The molecule has 0 heterocycles. The van der Waals surface area contributed by atoms with Crippen LogP contribution >= 0.6 is 27.7 Å². The molecule has 0 spiro atoms. The van der Waals surface area contributed by atoms with Crippen molar-refractivity contribution < 1.29 is 4.79 Å². The third-order valence-electron chi connectivity index (χ3n) is 2.12. The lowest BCUT2D eigenvalue weighted by Crippen LogP contribution is -2.39. The van der Waals surface area contributed by atoms with E-state index in [0.29, 0.717) is 5.92 Å². The molecule has 2 unspecified atom stereocenters. The first kappa shape index (κ1) is 15.3. The first-order valence-corrected chi connectivity index (χ1v) is 7.58. The monoisotopic (exact) mass is 295 g/mol. The molecule has 2 nitrogen and oxygen atoms in total. The first-order chi connectivity index (χ1) is 6.99. The van der Waals surface area contributed by atoms with Crippen molar-refractivity contribution in [3.8, 4) is 0 Å². The maximum absolute atomic E-state index is 11.7. The second-order valence-electron chi connectivity index (χ2n) is 4.04. The SMILES string of the molecule is CCSCCC(C)NC(=O)C(Br)C(C)C. The van der Waals surface area contributed by atoms with Gasteiger partial charge >= 0.3 is 0 Å². The molecule has 0 rings (SSSR count). The van der Waals surface area contributed by atoms with E-state index in [0.717, 1.165) is 17.9 Å². The van der Waals surface area contributed by atoms with Crippen LogP contribution in [0.2, 0.25) is 0 Å². The molecule has 0 aliphatic rings. The van der Waals surface area contributed by atoms with Crippen molar-refractivity contribution in [1.29, 1.82) is 0 Å². The molecule has 0 bridgehead atoms. The van der Waals surface area contributed by atoms with Gasteiger partial charge in [0.15, 0.2) is 0 Å². The predicted octanol–water partition coefficient (Wildman–Crippen LogP) is 3.05. The van der Waals surface area contributed by atoms with Gasteiger partial charge in [0.2, 0.25) is 5.91 Å². The number of alkyl halides is 1. The van der Waals surface area contributed by atoms with Gasteiger partial charge in [0.1, 0.15) is 0 Å². The van der Waals surface area contributed by atoms with E-state index in [2.05, 4.69) is 35.1 Å². The van der Waals surface area contributed by atoms with Gasteiger partial charge in [-0.25, -0.2) is 0 Å². The number of halogens is 1. The predicted molar refractivity (Wildman–Crippen MR) is 72.8 cm³/mol. The van der Waals surface area contributed by atoms with Gasteiger partial charge in [-0.3, -0.25) is 4.79 Å². The number of carbonyl (C=O) groups is 1. The normalized spacial score (nSPS) is 15.1. The highest BCUT2D eigenvalue weighted by Crippen LogP contribution is 2.12. The summed E-state index contributed by atoms with van der Waals surface area (Å²) in [6.45, 7) is 8.29. The van der Waals surface area contributed by atoms with Crippen molar-refractivity contribution in [2.75, 3.05) is 11.5 Å². The molecule has 0 saturated carbocycles. The summed E-state index contributed by atoms with van der Waals surface area (Å²) in [5, 5.41) is 3.02. The summed E-state index contributed by atoms with van der Waals surface area (Å²) < 4.78 is 0. The Morgan fingerprint density at radius 2 is 2.00 bits per heavy atom. The summed E-state index contributed by atoms with van der Waals surface area (Å²) in [6.07, 6.45) is 1.04. The molecule has 15 heavy (non-hydrogen) atoms. The van der Waals surface area contributed by atoms with Crippen LogP contribution in [0.15, 0.2) is 0 Å². The van der Waals surface area contributed by atoms with Gasteiger partial charge in [-0.05, 0) is 30.8 Å². The Labute approximate surface area is 106 Å². The highest BCUT2D eigenvalue weighted by atomic mass is 79.9. The van der Waals surface area contributed by atoms with Gasteiger partial charge in [0, 0.05) is 6.04 Å². The van der Waals surface area contributed by atoms with E-state index in [1.54, 1.807) is 0 Å². The Hall–Kier alpha value is 0.300. The maximum atomic E-state index is 11.7. The smallest absolute Gasteiger partial charge is 0.234 e. The first-order valence-electron chi connectivity index (χ1n) is 5.51. The second-order valence-corrected chi connectivity index (χ2v) is 6.42. The van der Waals surface area contributed by atoms with Gasteiger partial charge in [-0.1, -0.05) is 36.7 Å². The molecule has 0 aliphatic heterocycles. The molecule has 0 aromatic heterocycles. The van der Waals surface area contributed by atoms with Crippen LogP contribution in [0, 0.1) is 5.92 Å². The summed E-state index contributed by atoms with van der Waals surface area (Å²) in [7, 11) is 0. The molecule has 1 N–H and O–H groups in total. The molecule has 4 heteroatoms. The highest BCUT2D eigenvalue weighted by Gasteiger charge is 2.19. The van der Waals surface area contributed by atoms with E-state index in [1.807, 2.05) is 25.6 Å². The molecule has 90 valence electrons. The van der Waals surface area contributed by atoms with Crippen LogP contribution in [0.5, 0.6) is 0 Å². The number of nitrogens with one attached hydrogen (secondary N) is 1. The lowest BCUT2D eigenvalue weighted by atomic mass is 10.1. The Morgan fingerprint density at radius 1 is 1.40 bits per heavy atom. The Bertz CT molecular complexity index is 187. The number of hydrogen-bond donors (Lipinski definition) is 1. The van der Waals surface area contributed by atoms with Gasteiger partial charge in [0.05, 0.1) is 4.83 Å². The Kier molecular flexibility index (Phi) is 8.62. The third-order valence-corrected chi connectivity index (χ3v) is 4.53. The number of rotatable bonds is 7. The fraction of sp³-hybridized carbons (Fsp3) is 0.909. The van der Waals surface area contributed by atoms with Crippen LogP contribution < -0.4 is 5.32 Å². The van der Waals surface area contributed by atoms with Crippen molar-refractivity contribution in [2.24, 2.45) is 5.92 Å². The topological polar surface area (TPSA) is 29.1 Å². The maximum Gasteiger partial charge on any atom is 0.234 e. The summed E-state index contributed by atoms with van der Waals surface area (Å²) in [6, 6.07) is 0.273. The van der Waals surface area contributed by atoms with Crippen LogP contribution in [-0.2, 0) is 4.79 Å². The average molecular weight is 296 g/mol. The minimum absolute atomic E-state index is 0.0706. The summed E-state index contributed by atoms with van der Waals surface area (Å²) in [5.74, 6) is 2.71. The summed E-state index contributed by atoms with van der Waals surface area (Å²) >= 11 is 5.32. The largest absolute Gasteiger partial charge is 0.353 e. The molecule has 2 atom stereocenters. The number of hydrogen-bond acceptors (Lipinski definition) is 2. The number of carbonyl (C=O) groups excluding carboxylic acids is 1. The highest BCUT2D eigenvalue weighted by molar-refractivity contribution is 9.10. The quantitative estimate of drug-likeness (QED) is 0.578. The van der Waals surface area contributed by atoms with Gasteiger partial charge in [0.25, 0.3) is 0 Å². The van der Waals surface area contributed by atoms with Crippen molar-refractivity contribution in [2.45, 2.75) is 45.0 Å². The standard InChI is InChI=1S/C11H22BrNOS/c1-5-15-7-6-9(4)13-11(14)10(12)8(2)3/h8-10H,5-7H2,1-4H3,(H,13,14). The van der Waals surface area contributed by atoms with Crippen molar-refractivity contribution >= 4 is 33.6 Å². The van der Waals surface area contributed by atoms with Crippen LogP contribution in [-0.4, -0.2) is 28.3 Å². The molecule has 0 aliphatic carbocycles. The molecule has 0 aromatic carbocycles. The number of thioether (sulfide) groups is 1.